The van der Waals surface area contributed by atoms with Crippen LogP contribution >= 0.6 is 11.3 Å². The largest absolute Gasteiger partial charge is 0.449 e. The summed E-state index contributed by atoms with van der Waals surface area (Å²) >= 11 is 1.47. The van der Waals surface area contributed by atoms with E-state index in [4.69, 9.17) is 9.15 Å². The standard InChI is InChI=1S/C18H17N3O5S2/c1-12(16-19-20-17(26-16)15-7-3-9-27-15)25-18(22)13-5-2-6-14(11-13)21-8-4-10-28(21,23)24/h2-3,5-7,9,11-12H,4,8,10H2,1H3. The van der Waals surface area contributed by atoms with E-state index in [9.17, 15) is 13.2 Å². The number of nitrogens with zero attached hydrogens (tertiary/aromatic N) is 3. The van der Waals surface area contributed by atoms with Gasteiger partial charge in [-0.2, -0.15) is 0 Å². The summed E-state index contributed by atoms with van der Waals surface area (Å²) in [6, 6.07) is 10.1. The van der Waals surface area contributed by atoms with Crippen molar-refractivity contribution < 1.29 is 22.4 Å². The van der Waals surface area contributed by atoms with Crippen molar-refractivity contribution >= 4 is 33.0 Å². The van der Waals surface area contributed by atoms with Gasteiger partial charge in [0.2, 0.25) is 10.0 Å². The Morgan fingerprint density at radius 2 is 2.14 bits per heavy atom. The Morgan fingerprint density at radius 1 is 1.29 bits per heavy atom. The summed E-state index contributed by atoms with van der Waals surface area (Å²) < 4.78 is 36.5. The van der Waals surface area contributed by atoms with Crippen LogP contribution in [0.4, 0.5) is 5.69 Å². The third-order valence-corrected chi connectivity index (χ3v) is 7.00. The molecule has 1 aliphatic rings. The molecule has 0 spiro atoms. The summed E-state index contributed by atoms with van der Waals surface area (Å²) in [5, 5.41) is 9.81. The van der Waals surface area contributed by atoms with Crippen LogP contribution in [-0.2, 0) is 14.8 Å². The zero-order chi connectivity index (χ0) is 19.7. The highest BCUT2D eigenvalue weighted by molar-refractivity contribution is 7.93. The fourth-order valence-corrected chi connectivity index (χ4v) is 5.10. The molecule has 146 valence electrons. The molecule has 3 heterocycles. The van der Waals surface area contributed by atoms with Crippen LogP contribution < -0.4 is 4.31 Å². The topological polar surface area (TPSA) is 103 Å². The lowest BCUT2D eigenvalue weighted by Crippen LogP contribution is -2.25. The number of benzene rings is 1. The summed E-state index contributed by atoms with van der Waals surface area (Å²) in [5.41, 5.74) is 0.710. The summed E-state index contributed by atoms with van der Waals surface area (Å²) in [7, 11) is -3.32. The molecule has 1 fully saturated rings. The van der Waals surface area contributed by atoms with E-state index in [0.717, 1.165) is 4.88 Å². The van der Waals surface area contributed by atoms with Crippen LogP contribution in [0.15, 0.2) is 46.2 Å². The number of sulfonamides is 1. The Bertz CT molecular complexity index is 1090. The first kappa shape index (κ1) is 18.6. The van der Waals surface area contributed by atoms with E-state index in [1.54, 1.807) is 25.1 Å². The van der Waals surface area contributed by atoms with Crippen molar-refractivity contribution in [3.63, 3.8) is 0 Å². The van der Waals surface area contributed by atoms with Crippen LogP contribution in [0.3, 0.4) is 0 Å². The van der Waals surface area contributed by atoms with Gasteiger partial charge in [-0.1, -0.05) is 12.1 Å². The first-order chi connectivity index (χ1) is 13.4. The Labute approximate surface area is 165 Å². The lowest BCUT2D eigenvalue weighted by Gasteiger charge is -2.17. The predicted molar refractivity (Wildman–Crippen MR) is 104 cm³/mol. The maximum atomic E-state index is 12.5. The molecular formula is C18H17N3O5S2. The number of thiophene rings is 1. The second-order valence-corrected chi connectivity index (χ2v) is 9.22. The lowest BCUT2D eigenvalue weighted by atomic mass is 10.2. The molecule has 0 bridgehead atoms. The number of aromatic nitrogens is 2. The average molecular weight is 419 g/mol. The molecule has 4 rings (SSSR count). The highest BCUT2D eigenvalue weighted by Crippen LogP contribution is 2.28. The Kier molecular flexibility index (Phi) is 4.90. The van der Waals surface area contributed by atoms with Gasteiger partial charge in [0.1, 0.15) is 0 Å². The maximum Gasteiger partial charge on any atom is 0.338 e. The van der Waals surface area contributed by atoms with Crippen LogP contribution in [0.1, 0.15) is 35.7 Å². The van der Waals surface area contributed by atoms with E-state index in [-0.39, 0.29) is 17.2 Å². The molecule has 8 nitrogen and oxygen atoms in total. The molecule has 1 atom stereocenters. The molecule has 0 saturated carbocycles. The number of anilines is 1. The SMILES string of the molecule is CC(OC(=O)c1cccc(N2CCCS2(=O)=O)c1)c1nnc(-c2cccs2)o1. The van der Waals surface area contributed by atoms with Crippen molar-refractivity contribution in [3.05, 3.63) is 53.2 Å². The fraction of sp³-hybridized carbons (Fsp3) is 0.278. The van der Waals surface area contributed by atoms with E-state index in [2.05, 4.69) is 10.2 Å². The number of carbonyl (C=O) groups excluding carboxylic acids is 1. The molecule has 0 N–H and O–H groups in total. The van der Waals surface area contributed by atoms with Crippen molar-refractivity contribution in [2.75, 3.05) is 16.6 Å². The highest BCUT2D eigenvalue weighted by Gasteiger charge is 2.29. The molecule has 3 aromatic rings. The Hall–Kier alpha value is -2.72. The fourth-order valence-electron chi connectivity index (χ4n) is 2.90. The van der Waals surface area contributed by atoms with E-state index < -0.39 is 22.1 Å². The molecule has 28 heavy (non-hydrogen) atoms. The minimum atomic E-state index is -3.32. The summed E-state index contributed by atoms with van der Waals surface area (Å²) in [6.07, 6.45) is -0.175. The van der Waals surface area contributed by atoms with Gasteiger partial charge in [0.05, 0.1) is 21.9 Å². The monoisotopic (exact) mass is 419 g/mol. The molecule has 10 heteroatoms. The van der Waals surface area contributed by atoms with Crippen molar-refractivity contribution in [3.8, 4) is 10.8 Å². The molecule has 0 radical (unpaired) electrons. The summed E-state index contributed by atoms with van der Waals surface area (Å²) in [4.78, 5) is 13.3. The lowest BCUT2D eigenvalue weighted by molar-refractivity contribution is 0.0280. The van der Waals surface area contributed by atoms with Crippen LogP contribution in [-0.4, -0.2) is 36.9 Å². The van der Waals surface area contributed by atoms with E-state index >= 15 is 0 Å². The van der Waals surface area contributed by atoms with Gasteiger partial charge >= 0.3 is 5.97 Å². The number of rotatable bonds is 5. The molecule has 1 aliphatic heterocycles. The van der Waals surface area contributed by atoms with Gasteiger partial charge in [-0.25, -0.2) is 13.2 Å². The van der Waals surface area contributed by atoms with Crippen LogP contribution in [0.25, 0.3) is 10.8 Å². The van der Waals surface area contributed by atoms with Crippen molar-refractivity contribution in [2.24, 2.45) is 0 Å². The second kappa shape index (κ2) is 7.36. The van der Waals surface area contributed by atoms with Crippen molar-refractivity contribution in [2.45, 2.75) is 19.4 Å². The quantitative estimate of drug-likeness (QED) is 0.585. The smallest absolute Gasteiger partial charge is 0.338 e. The molecule has 1 unspecified atom stereocenters. The van der Waals surface area contributed by atoms with Gasteiger partial charge in [-0.3, -0.25) is 4.31 Å². The van der Waals surface area contributed by atoms with E-state index in [0.29, 0.717) is 24.5 Å². The minimum Gasteiger partial charge on any atom is -0.449 e. The van der Waals surface area contributed by atoms with Gasteiger partial charge in [0.25, 0.3) is 11.8 Å². The zero-order valence-electron chi connectivity index (χ0n) is 14.9. The number of hydrogen-bond acceptors (Lipinski definition) is 8. The Morgan fingerprint density at radius 3 is 2.86 bits per heavy atom. The third kappa shape index (κ3) is 3.65. The molecular weight excluding hydrogens is 402 g/mol. The third-order valence-electron chi connectivity index (χ3n) is 4.27. The maximum absolute atomic E-state index is 12.5. The predicted octanol–water partition coefficient (Wildman–Crippen LogP) is 3.26. The van der Waals surface area contributed by atoms with Gasteiger partial charge in [0.15, 0.2) is 6.10 Å². The Balaban J connectivity index is 1.49. The van der Waals surface area contributed by atoms with Crippen LogP contribution in [0.5, 0.6) is 0 Å². The van der Waals surface area contributed by atoms with Gasteiger partial charge in [0, 0.05) is 6.54 Å². The van der Waals surface area contributed by atoms with Gasteiger partial charge < -0.3 is 9.15 Å². The van der Waals surface area contributed by atoms with Gasteiger partial charge in [-0.15, -0.1) is 21.5 Å². The van der Waals surface area contributed by atoms with E-state index in [1.165, 1.54) is 21.7 Å². The number of ether oxygens (including phenoxy) is 1. The molecule has 0 aliphatic carbocycles. The number of esters is 1. The van der Waals surface area contributed by atoms with Gasteiger partial charge in [-0.05, 0) is 43.0 Å². The van der Waals surface area contributed by atoms with Crippen LogP contribution in [0, 0.1) is 0 Å². The molecule has 1 aromatic carbocycles. The summed E-state index contributed by atoms with van der Waals surface area (Å²) in [6.45, 7) is 2.04. The highest BCUT2D eigenvalue weighted by atomic mass is 32.2. The zero-order valence-corrected chi connectivity index (χ0v) is 16.6. The summed E-state index contributed by atoms with van der Waals surface area (Å²) in [5.74, 6) is 0.0774. The first-order valence-corrected chi connectivity index (χ1v) is 11.1. The first-order valence-electron chi connectivity index (χ1n) is 8.63. The molecule has 2 aromatic heterocycles. The second-order valence-electron chi connectivity index (χ2n) is 6.26. The average Bonchev–Trinajstić information content (AvgIpc) is 3.41. The minimum absolute atomic E-state index is 0.114. The molecule has 1 saturated heterocycles. The number of hydrogen-bond donors (Lipinski definition) is 0. The van der Waals surface area contributed by atoms with E-state index in [1.807, 2.05) is 17.5 Å². The van der Waals surface area contributed by atoms with Crippen LogP contribution in [0.2, 0.25) is 0 Å². The van der Waals surface area contributed by atoms with Crippen molar-refractivity contribution in [1.82, 2.24) is 10.2 Å². The molecule has 0 amide bonds. The number of carbonyl (C=O) groups is 1. The normalized spacial score (nSPS) is 16.8. The van der Waals surface area contributed by atoms with Crippen molar-refractivity contribution in [1.29, 1.82) is 0 Å².